The number of carboxylic acids is 1. The van der Waals surface area contributed by atoms with Gasteiger partial charge in [0.2, 0.25) is 0 Å². The van der Waals surface area contributed by atoms with Gasteiger partial charge in [0.15, 0.2) is 0 Å². The van der Waals surface area contributed by atoms with Crippen molar-refractivity contribution in [2.45, 2.75) is 32.9 Å². The van der Waals surface area contributed by atoms with Gasteiger partial charge >= 0.3 is 12.1 Å². The highest BCUT2D eigenvalue weighted by molar-refractivity contribution is 14.1. The van der Waals surface area contributed by atoms with Gasteiger partial charge in [0.05, 0.1) is 5.56 Å². The Balaban J connectivity index is 2.64. The molecule has 0 bridgehead atoms. The SMILES string of the molecule is CC(C)(C)OC(=O)NCc1ccc(C(=O)O)cc1I. The minimum atomic E-state index is -0.968. The molecule has 0 saturated heterocycles. The van der Waals surface area contributed by atoms with Crippen molar-refractivity contribution in [1.29, 1.82) is 0 Å². The number of carboxylic acid groups (broad SMARTS) is 1. The van der Waals surface area contributed by atoms with E-state index in [-0.39, 0.29) is 5.56 Å². The summed E-state index contributed by atoms with van der Waals surface area (Å²) in [6, 6.07) is 4.76. The van der Waals surface area contributed by atoms with E-state index < -0.39 is 17.7 Å². The highest BCUT2D eigenvalue weighted by Crippen LogP contribution is 2.15. The van der Waals surface area contributed by atoms with Gasteiger partial charge in [-0.3, -0.25) is 0 Å². The van der Waals surface area contributed by atoms with Crippen LogP contribution in [0.15, 0.2) is 18.2 Å². The zero-order valence-corrected chi connectivity index (χ0v) is 13.1. The Labute approximate surface area is 125 Å². The number of carbonyl (C=O) groups is 2. The fraction of sp³-hybridized carbons (Fsp3) is 0.385. The van der Waals surface area contributed by atoms with Gasteiger partial charge in [-0.05, 0) is 61.1 Å². The quantitative estimate of drug-likeness (QED) is 0.795. The molecule has 0 saturated carbocycles. The van der Waals surface area contributed by atoms with E-state index in [1.807, 2.05) is 22.6 Å². The molecule has 0 aliphatic heterocycles. The van der Waals surface area contributed by atoms with E-state index in [1.165, 1.54) is 6.07 Å². The molecular weight excluding hydrogens is 361 g/mol. The van der Waals surface area contributed by atoms with E-state index in [1.54, 1.807) is 32.9 Å². The smallest absolute Gasteiger partial charge is 0.407 e. The molecule has 0 aliphatic rings. The summed E-state index contributed by atoms with van der Waals surface area (Å²) >= 11 is 2.04. The first kappa shape index (κ1) is 15.7. The summed E-state index contributed by atoms with van der Waals surface area (Å²) in [5.74, 6) is -0.968. The van der Waals surface area contributed by atoms with Crippen LogP contribution in [0.3, 0.4) is 0 Å². The van der Waals surface area contributed by atoms with E-state index in [9.17, 15) is 9.59 Å². The lowest BCUT2D eigenvalue weighted by molar-refractivity contribution is 0.0522. The van der Waals surface area contributed by atoms with Gasteiger partial charge in [0.1, 0.15) is 5.60 Å². The van der Waals surface area contributed by atoms with Gasteiger partial charge in [-0.2, -0.15) is 0 Å². The number of benzene rings is 1. The summed E-state index contributed by atoms with van der Waals surface area (Å²) in [7, 11) is 0. The van der Waals surface area contributed by atoms with Crippen molar-refractivity contribution in [3.05, 3.63) is 32.9 Å². The molecule has 1 aromatic carbocycles. The standard InChI is InChI=1S/C13H16INO4/c1-13(2,3)19-12(18)15-7-9-5-4-8(11(16)17)6-10(9)14/h4-6H,7H2,1-3H3,(H,15,18)(H,16,17). The van der Waals surface area contributed by atoms with Crippen molar-refractivity contribution in [3.63, 3.8) is 0 Å². The molecule has 19 heavy (non-hydrogen) atoms. The maximum Gasteiger partial charge on any atom is 0.407 e. The molecule has 0 spiro atoms. The Morgan fingerprint density at radius 2 is 2.00 bits per heavy atom. The lowest BCUT2D eigenvalue weighted by Gasteiger charge is -2.19. The molecule has 0 heterocycles. The Hall–Kier alpha value is -1.31. The van der Waals surface area contributed by atoms with Gasteiger partial charge in [-0.25, -0.2) is 9.59 Å². The molecule has 0 aromatic heterocycles. The van der Waals surface area contributed by atoms with Gasteiger partial charge in [0.25, 0.3) is 0 Å². The molecule has 0 radical (unpaired) electrons. The average molecular weight is 377 g/mol. The third kappa shape index (κ3) is 5.46. The van der Waals surface area contributed by atoms with E-state index in [0.29, 0.717) is 6.54 Å². The fourth-order valence-electron chi connectivity index (χ4n) is 1.31. The maximum atomic E-state index is 11.5. The van der Waals surface area contributed by atoms with Crippen molar-refractivity contribution in [2.24, 2.45) is 0 Å². The first-order valence-corrected chi connectivity index (χ1v) is 6.75. The summed E-state index contributed by atoms with van der Waals surface area (Å²) in [6.07, 6.45) is -0.495. The van der Waals surface area contributed by atoms with Crippen molar-refractivity contribution in [2.75, 3.05) is 0 Å². The molecule has 1 amide bonds. The van der Waals surface area contributed by atoms with Gasteiger partial charge < -0.3 is 15.2 Å². The summed E-state index contributed by atoms with van der Waals surface area (Å²) in [6.45, 7) is 5.67. The summed E-state index contributed by atoms with van der Waals surface area (Å²) in [5, 5.41) is 11.5. The lowest BCUT2D eigenvalue weighted by atomic mass is 10.1. The number of hydrogen-bond donors (Lipinski definition) is 2. The zero-order valence-electron chi connectivity index (χ0n) is 11.0. The first-order chi connectivity index (χ1) is 8.69. The topological polar surface area (TPSA) is 75.6 Å². The van der Waals surface area contributed by atoms with Crippen LogP contribution in [0.4, 0.5) is 4.79 Å². The molecule has 0 fully saturated rings. The van der Waals surface area contributed by atoms with Crippen LogP contribution in [-0.2, 0) is 11.3 Å². The molecule has 0 atom stereocenters. The van der Waals surface area contributed by atoms with E-state index in [0.717, 1.165) is 9.13 Å². The van der Waals surface area contributed by atoms with E-state index >= 15 is 0 Å². The largest absolute Gasteiger partial charge is 0.478 e. The van der Waals surface area contributed by atoms with Crippen molar-refractivity contribution in [1.82, 2.24) is 5.32 Å². The van der Waals surface area contributed by atoms with Gasteiger partial charge in [0, 0.05) is 10.1 Å². The second-order valence-corrected chi connectivity index (χ2v) is 6.13. The third-order valence-electron chi connectivity index (χ3n) is 2.12. The molecule has 2 N–H and O–H groups in total. The predicted octanol–water partition coefficient (Wildman–Crippen LogP) is 3.01. The maximum absolute atomic E-state index is 11.5. The number of hydrogen-bond acceptors (Lipinski definition) is 3. The Morgan fingerprint density at radius 3 is 2.47 bits per heavy atom. The minimum Gasteiger partial charge on any atom is -0.478 e. The summed E-state index contributed by atoms with van der Waals surface area (Å²) in [5.41, 5.74) is 0.534. The second kappa shape index (κ2) is 6.23. The van der Waals surface area contributed by atoms with Crippen LogP contribution in [0.25, 0.3) is 0 Å². The van der Waals surface area contributed by atoms with Crippen LogP contribution in [0, 0.1) is 3.57 Å². The summed E-state index contributed by atoms with van der Waals surface area (Å²) < 4.78 is 5.90. The third-order valence-corrected chi connectivity index (χ3v) is 3.13. The molecule has 1 aromatic rings. The number of aromatic carboxylic acids is 1. The number of rotatable bonds is 3. The van der Waals surface area contributed by atoms with E-state index in [4.69, 9.17) is 9.84 Å². The normalized spacial score (nSPS) is 10.9. The highest BCUT2D eigenvalue weighted by atomic mass is 127. The molecule has 6 heteroatoms. The van der Waals surface area contributed by atoms with Gasteiger partial charge in [-0.15, -0.1) is 0 Å². The van der Waals surface area contributed by atoms with Gasteiger partial charge in [-0.1, -0.05) is 6.07 Å². The van der Waals surface area contributed by atoms with Crippen LogP contribution in [-0.4, -0.2) is 22.8 Å². The Bertz CT molecular complexity index is 494. The predicted molar refractivity (Wildman–Crippen MR) is 79.2 cm³/mol. The highest BCUT2D eigenvalue weighted by Gasteiger charge is 2.16. The number of ether oxygens (including phenoxy) is 1. The first-order valence-electron chi connectivity index (χ1n) is 5.67. The second-order valence-electron chi connectivity index (χ2n) is 4.97. The van der Waals surface area contributed by atoms with Crippen LogP contribution >= 0.6 is 22.6 Å². The summed E-state index contributed by atoms with van der Waals surface area (Å²) in [4.78, 5) is 22.3. The van der Waals surface area contributed by atoms with Crippen LogP contribution < -0.4 is 5.32 Å². The van der Waals surface area contributed by atoms with Crippen LogP contribution in [0.1, 0.15) is 36.7 Å². The number of nitrogens with one attached hydrogen (secondary N) is 1. The van der Waals surface area contributed by atoms with Crippen molar-refractivity contribution >= 4 is 34.7 Å². The average Bonchev–Trinajstić information content (AvgIpc) is 2.24. The van der Waals surface area contributed by atoms with E-state index in [2.05, 4.69) is 5.32 Å². The van der Waals surface area contributed by atoms with Crippen molar-refractivity contribution in [3.8, 4) is 0 Å². The molecule has 0 unspecified atom stereocenters. The monoisotopic (exact) mass is 377 g/mol. The molecular formula is C13H16INO4. The number of halogens is 1. The zero-order chi connectivity index (χ0) is 14.6. The molecule has 5 nitrogen and oxygen atoms in total. The number of alkyl carbamates (subject to hydrolysis) is 1. The van der Waals surface area contributed by atoms with Crippen LogP contribution in [0.5, 0.6) is 0 Å². The minimum absolute atomic E-state index is 0.227. The number of carbonyl (C=O) groups excluding carboxylic acids is 1. The molecule has 1 rings (SSSR count). The molecule has 0 aliphatic carbocycles. The lowest BCUT2D eigenvalue weighted by Crippen LogP contribution is -2.32. The molecule has 104 valence electrons. The fourth-order valence-corrected chi connectivity index (χ4v) is 2.01. The van der Waals surface area contributed by atoms with Crippen molar-refractivity contribution < 1.29 is 19.4 Å². The van der Waals surface area contributed by atoms with Crippen LogP contribution in [0.2, 0.25) is 0 Å². The number of amides is 1. The Morgan fingerprint density at radius 1 is 1.37 bits per heavy atom. The Kier molecular flexibility index (Phi) is 5.16.